The lowest BCUT2D eigenvalue weighted by Crippen LogP contribution is -2.65. The van der Waals surface area contributed by atoms with Crippen molar-refractivity contribution in [3.8, 4) is 0 Å². The molecule has 1 heterocycles. The summed E-state index contributed by atoms with van der Waals surface area (Å²) in [6.45, 7) is 0. The molecule has 21 heavy (non-hydrogen) atoms. The Hall–Kier alpha value is -1.10. The first-order valence-corrected chi connectivity index (χ1v) is 8.58. The third-order valence-corrected chi connectivity index (χ3v) is 5.19. The van der Waals surface area contributed by atoms with E-state index in [9.17, 15) is 9.59 Å². The van der Waals surface area contributed by atoms with Gasteiger partial charge in [0.25, 0.3) is 0 Å². The van der Waals surface area contributed by atoms with E-state index >= 15 is 0 Å². The van der Waals surface area contributed by atoms with Gasteiger partial charge in [0.05, 0.1) is 12.5 Å². The van der Waals surface area contributed by atoms with Crippen LogP contribution in [0, 0.1) is 0 Å². The molecule has 0 aromatic carbocycles. The second kappa shape index (κ2) is 6.77. The highest BCUT2D eigenvalue weighted by Crippen LogP contribution is 2.22. The minimum atomic E-state index is -0.354. The number of rotatable bonds is 3. The fourth-order valence-electron chi connectivity index (χ4n) is 3.99. The van der Waals surface area contributed by atoms with E-state index in [0.29, 0.717) is 12.1 Å². The molecular weight excluding hydrogens is 266 g/mol. The lowest BCUT2D eigenvalue weighted by Gasteiger charge is -2.40. The average molecular weight is 293 g/mol. The van der Waals surface area contributed by atoms with Crippen molar-refractivity contribution in [1.29, 1.82) is 0 Å². The largest absolute Gasteiger partial charge is 0.353 e. The average Bonchev–Trinajstić information content (AvgIpc) is 2.49. The predicted molar refractivity (Wildman–Crippen MR) is 80.7 cm³/mol. The Morgan fingerprint density at radius 3 is 2.43 bits per heavy atom. The Morgan fingerprint density at radius 2 is 1.67 bits per heavy atom. The Kier molecular flexibility index (Phi) is 4.78. The van der Waals surface area contributed by atoms with Gasteiger partial charge >= 0.3 is 0 Å². The molecule has 3 fully saturated rings. The Balaban J connectivity index is 1.49. The molecule has 2 saturated carbocycles. The highest BCUT2D eigenvalue weighted by molar-refractivity contribution is 5.89. The summed E-state index contributed by atoms with van der Waals surface area (Å²) in [6, 6.07) is 0.584. The number of carbonyl (C=O) groups excluding carboxylic acids is 2. The SMILES string of the molecule is O=C(C[C@@H]1N[C@@H]2CCCC[C@@H]2NC1=O)NC1CCCCC1. The van der Waals surface area contributed by atoms with Crippen LogP contribution in [0.3, 0.4) is 0 Å². The first-order valence-electron chi connectivity index (χ1n) is 8.58. The van der Waals surface area contributed by atoms with Gasteiger partial charge < -0.3 is 16.0 Å². The van der Waals surface area contributed by atoms with Crippen molar-refractivity contribution in [3.63, 3.8) is 0 Å². The molecule has 118 valence electrons. The molecule has 0 radical (unpaired) electrons. The zero-order valence-electron chi connectivity index (χ0n) is 12.7. The van der Waals surface area contributed by atoms with Crippen LogP contribution in [0.5, 0.6) is 0 Å². The molecule has 3 aliphatic rings. The third kappa shape index (κ3) is 3.76. The van der Waals surface area contributed by atoms with E-state index < -0.39 is 0 Å². The molecule has 2 aliphatic carbocycles. The van der Waals surface area contributed by atoms with Gasteiger partial charge in [-0.15, -0.1) is 0 Å². The summed E-state index contributed by atoms with van der Waals surface area (Å²) >= 11 is 0. The normalized spacial score (nSPS) is 33.9. The van der Waals surface area contributed by atoms with Crippen LogP contribution in [-0.2, 0) is 9.59 Å². The summed E-state index contributed by atoms with van der Waals surface area (Å²) in [5.41, 5.74) is 0. The predicted octanol–water partition coefficient (Wildman–Crippen LogP) is 1.22. The number of hydrogen-bond acceptors (Lipinski definition) is 3. The van der Waals surface area contributed by atoms with Crippen molar-refractivity contribution in [3.05, 3.63) is 0 Å². The molecule has 0 bridgehead atoms. The van der Waals surface area contributed by atoms with E-state index in [1.54, 1.807) is 0 Å². The summed E-state index contributed by atoms with van der Waals surface area (Å²) in [6.07, 6.45) is 10.7. The van der Waals surface area contributed by atoms with E-state index in [1.807, 2.05) is 0 Å². The minimum Gasteiger partial charge on any atom is -0.353 e. The monoisotopic (exact) mass is 293 g/mol. The second-order valence-corrected chi connectivity index (χ2v) is 6.83. The highest BCUT2D eigenvalue weighted by atomic mass is 16.2. The third-order valence-electron chi connectivity index (χ3n) is 5.19. The van der Waals surface area contributed by atoms with Gasteiger partial charge in [0, 0.05) is 18.1 Å². The molecule has 3 N–H and O–H groups in total. The van der Waals surface area contributed by atoms with Gasteiger partial charge in [0.1, 0.15) is 0 Å². The summed E-state index contributed by atoms with van der Waals surface area (Å²) in [5.74, 6) is 0.0146. The summed E-state index contributed by atoms with van der Waals surface area (Å²) < 4.78 is 0. The summed E-state index contributed by atoms with van der Waals surface area (Å²) in [7, 11) is 0. The van der Waals surface area contributed by atoms with Gasteiger partial charge in [-0.2, -0.15) is 0 Å². The Morgan fingerprint density at radius 1 is 1.00 bits per heavy atom. The molecule has 3 atom stereocenters. The topological polar surface area (TPSA) is 70.2 Å². The van der Waals surface area contributed by atoms with E-state index in [0.717, 1.165) is 25.7 Å². The van der Waals surface area contributed by atoms with Crippen molar-refractivity contribution in [1.82, 2.24) is 16.0 Å². The van der Waals surface area contributed by atoms with E-state index in [4.69, 9.17) is 0 Å². The van der Waals surface area contributed by atoms with E-state index in [-0.39, 0.29) is 30.3 Å². The minimum absolute atomic E-state index is 0.00283. The molecule has 5 nitrogen and oxygen atoms in total. The summed E-state index contributed by atoms with van der Waals surface area (Å²) in [5, 5.41) is 9.60. The highest BCUT2D eigenvalue weighted by Gasteiger charge is 2.37. The number of hydrogen-bond donors (Lipinski definition) is 3. The van der Waals surface area contributed by atoms with Crippen molar-refractivity contribution >= 4 is 11.8 Å². The first kappa shape index (κ1) is 14.8. The van der Waals surface area contributed by atoms with Gasteiger partial charge in [0.2, 0.25) is 11.8 Å². The number of nitrogens with one attached hydrogen (secondary N) is 3. The second-order valence-electron chi connectivity index (χ2n) is 6.83. The zero-order valence-corrected chi connectivity index (χ0v) is 12.7. The van der Waals surface area contributed by atoms with E-state index in [2.05, 4.69) is 16.0 Å². The van der Waals surface area contributed by atoms with Crippen LogP contribution in [0.25, 0.3) is 0 Å². The van der Waals surface area contributed by atoms with Gasteiger partial charge in [-0.25, -0.2) is 0 Å². The standard InChI is InChI=1S/C16H27N3O2/c20-15(17-11-6-2-1-3-7-11)10-14-16(21)19-13-9-5-4-8-12(13)18-14/h11-14,18H,1-10H2,(H,17,20)(H,19,21)/t12-,13+,14+/m1/s1. The number of amides is 2. The van der Waals surface area contributed by atoms with Gasteiger partial charge in [-0.05, 0) is 25.7 Å². The van der Waals surface area contributed by atoms with Gasteiger partial charge in [-0.1, -0.05) is 32.1 Å². The Bertz CT molecular complexity index is 393. The lowest BCUT2D eigenvalue weighted by atomic mass is 9.87. The maximum atomic E-state index is 12.2. The molecule has 0 aromatic heterocycles. The van der Waals surface area contributed by atoms with Crippen LogP contribution in [0.15, 0.2) is 0 Å². The number of carbonyl (C=O) groups is 2. The molecular formula is C16H27N3O2. The van der Waals surface area contributed by atoms with Crippen LogP contribution in [-0.4, -0.2) is 36.0 Å². The van der Waals surface area contributed by atoms with Crippen LogP contribution >= 0.6 is 0 Å². The summed E-state index contributed by atoms with van der Waals surface area (Å²) in [4.78, 5) is 24.3. The fourth-order valence-corrected chi connectivity index (χ4v) is 3.99. The molecule has 1 saturated heterocycles. The molecule has 2 amide bonds. The van der Waals surface area contributed by atoms with Crippen molar-refractivity contribution < 1.29 is 9.59 Å². The Labute approximate surface area is 126 Å². The molecule has 0 unspecified atom stereocenters. The molecule has 0 spiro atoms. The molecule has 0 aromatic rings. The van der Waals surface area contributed by atoms with Gasteiger partial charge in [-0.3, -0.25) is 9.59 Å². The van der Waals surface area contributed by atoms with Crippen LogP contribution in [0.4, 0.5) is 0 Å². The fraction of sp³-hybridized carbons (Fsp3) is 0.875. The van der Waals surface area contributed by atoms with Gasteiger partial charge in [0.15, 0.2) is 0 Å². The zero-order chi connectivity index (χ0) is 14.7. The smallest absolute Gasteiger partial charge is 0.237 e. The first-order chi connectivity index (χ1) is 10.2. The van der Waals surface area contributed by atoms with Crippen molar-refractivity contribution in [2.24, 2.45) is 0 Å². The molecule has 5 heteroatoms. The maximum absolute atomic E-state index is 12.2. The van der Waals surface area contributed by atoms with Crippen LogP contribution in [0.2, 0.25) is 0 Å². The van der Waals surface area contributed by atoms with Crippen LogP contribution in [0.1, 0.15) is 64.2 Å². The number of piperazine rings is 1. The van der Waals surface area contributed by atoms with E-state index in [1.165, 1.54) is 32.1 Å². The van der Waals surface area contributed by atoms with Crippen molar-refractivity contribution in [2.75, 3.05) is 0 Å². The van der Waals surface area contributed by atoms with Crippen LogP contribution < -0.4 is 16.0 Å². The quantitative estimate of drug-likeness (QED) is 0.733. The maximum Gasteiger partial charge on any atom is 0.237 e. The number of fused-ring (bicyclic) bond motifs is 1. The van der Waals surface area contributed by atoms with Crippen molar-refractivity contribution in [2.45, 2.75) is 88.4 Å². The molecule has 1 aliphatic heterocycles. The molecule has 3 rings (SSSR count). The lowest BCUT2D eigenvalue weighted by molar-refractivity contribution is -0.131.